The summed E-state index contributed by atoms with van der Waals surface area (Å²) in [5.41, 5.74) is 0. The predicted octanol–water partition coefficient (Wildman–Crippen LogP) is 0.965. The van der Waals surface area contributed by atoms with E-state index in [1.54, 1.807) is 0 Å². The van der Waals surface area contributed by atoms with Gasteiger partial charge in [-0.25, -0.2) is 0 Å². The SMILES string of the molecule is O=C1CCNCC1CC1CC1. The number of nitrogens with one attached hydrogen (secondary N) is 1. The van der Waals surface area contributed by atoms with Crippen molar-refractivity contribution in [3.63, 3.8) is 0 Å². The van der Waals surface area contributed by atoms with E-state index in [0.29, 0.717) is 11.7 Å². The summed E-state index contributed by atoms with van der Waals surface area (Å²) in [7, 11) is 0. The lowest BCUT2D eigenvalue weighted by Crippen LogP contribution is -2.37. The zero-order valence-electron chi connectivity index (χ0n) is 6.81. The molecule has 2 aliphatic rings. The van der Waals surface area contributed by atoms with Gasteiger partial charge < -0.3 is 5.32 Å². The number of ketones is 1. The molecule has 0 amide bonds. The molecular weight excluding hydrogens is 138 g/mol. The average molecular weight is 153 g/mol. The molecule has 0 bridgehead atoms. The summed E-state index contributed by atoms with van der Waals surface area (Å²) in [4.78, 5) is 11.3. The van der Waals surface area contributed by atoms with Crippen molar-refractivity contribution in [2.75, 3.05) is 13.1 Å². The van der Waals surface area contributed by atoms with Crippen molar-refractivity contribution in [1.29, 1.82) is 0 Å². The van der Waals surface area contributed by atoms with E-state index >= 15 is 0 Å². The second kappa shape index (κ2) is 2.94. The van der Waals surface area contributed by atoms with E-state index in [2.05, 4.69) is 5.32 Å². The molecule has 1 unspecified atom stereocenters. The van der Waals surface area contributed by atoms with E-state index in [1.807, 2.05) is 0 Å². The largest absolute Gasteiger partial charge is 0.316 e. The predicted molar refractivity (Wildman–Crippen MR) is 43.3 cm³/mol. The van der Waals surface area contributed by atoms with Gasteiger partial charge in [-0.05, 0) is 12.3 Å². The topological polar surface area (TPSA) is 29.1 Å². The highest BCUT2D eigenvalue weighted by Gasteiger charge is 2.30. The molecule has 0 aromatic rings. The highest BCUT2D eigenvalue weighted by atomic mass is 16.1. The lowest BCUT2D eigenvalue weighted by Gasteiger charge is -2.21. The molecule has 0 aromatic carbocycles. The molecule has 2 nitrogen and oxygen atoms in total. The Bertz CT molecular complexity index is 163. The van der Waals surface area contributed by atoms with Crippen LogP contribution in [0.5, 0.6) is 0 Å². The quantitative estimate of drug-likeness (QED) is 0.640. The van der Waals surface area contributed by atoms with Gasteiger partial charge in [-0.2, -0.15) is 0 Å². The number of Topliss-reactive ketones (excluding diaryl/α,β-unsaturated/α-hetero) is 1. The van der Waals surface area contributed by atoms with Crippen LogP contribution < -0.4 is 5.32 Å². The first-order chi connectivity index (χ1) is 5.36. The first-order valence-corrected chi connectivity index (χ1v) is 4.59. The van der Waals surface area contributed by atoms with Gasteiger partial charge in [0, 0.05) is 25.4 Å². The Morgan fingerprint density at radius 1 is 1.45 bits per heavy atom. The van der Waals surface area contributed by atoms with Crippen LogP contribution >= 0.6 is 0 Å². The maximum Gasteiger partial charge on any atom is 0.138 e. The minimum Gasteiger partial charge on any atom is -0.316 e. The van der Waals surface area contributed by atoms with E-state index in [0.717, 1.165) is 31.8 Å². The standard InChI is InChI=1S/C9H15NO/c11-9-3-4-10-6-8(9)5-7-1-2-7/h7-8,10H,1-6H2. The fourth-order valence-electron chi connectivity index (χ4n) is 1.78. The fraction of sp³-hybridized carbons (Fsp3) is 0.889. The first-order valence-electron chi connectivity index (χ1n) is 4.59. The van der Waals surface area contributed by atoms with E-state index < -0.39 is 0 Å². The smallest absolute Gasteiger partial charge is 0.138 e. The normalized spacial score (nSPS) is 32.4. The van der Waals surface area contributed by atoms with E-state index in [9.17, 15) is 4.79 Å². The van der Waals surface area contributed by atoms with Crippen molar-refractivity contribution in [2.24, 2.45) is 11.8 Å². The Hall–Kier alpha value is -0.370. The fourth-order valence-corrected chi connectivity index (χ4v) is 1.78. The molecule has 1 aliphatic carbocycles. The van der Waals surface area contributed by atoms with Gasteiger partial charge in [0.25, 0.3) is 0 Å². The van der Waals surface area contributed by atoms with Gasteiger partial charge in [-0.1, -0.05) is 12.8 Å². The van der Waals surface area contributed by atoms with Gasteiger partial charge in [-0.3, -0.25) is 4.79 Å². The molecule has 1 heterocycles. The minimum absolute atomic E-state index is 0.358. The molecule has 2 heteroatoms. The van der Waals surface area contributed by atoms with Crippen LogP contribution in [-0.4, -0.2) is 18.9 Å². The minimum atomic E-state index is 0.358. The number of piperidine rings is 1. The second-order valence-electron chi connectivity index (χ2n) is 3.80. The molecule has 1 saturated heterocycles. The molecule has 0 radical (unpaired) electrons. The summed E-state index contributed by atoms with van der Waals surface area (Å²) >= 11 is 0. The van der Waals surface area contributed by atoms with Crippen LogP contribution in [0.25, 0.3) is 0 Å². The molecule has 2 rings (SSSR count). The van der Waals surface area contributed by atoms with Crippen molar-refractivity contribution >= 4 is 5.78 Å². The van der Waals surface area contributed by atoms with Gasteiger partial charge in [0.05, 0.1) is 0 Å². The van der Waals surface area contributed by atoms with Gasteiger partial charge in [0.15, 0.2) is 0 Å². The summed E-state index contributed by atoms with van der Waals surface area (Å²) in [6, 6.07) is 0. The molecule has 11 heavy (non-hydrogen) atoms. The summed E-state index contributed by atoms with van der Waals surface area (Å²) < 4.78 is 0. The molecule has 1 N–H and O–H groups in total. The van der Waals surface area contributed by atoms with Crippen LogP contribution in [0.4, 0.5) is 0 Å². The summed E-state index contributed by atoms with van der Waals surface area (Å²) in [6.07, 6.45) is 4.65. The molecule has 1 aliphatic heterocycles. The summed E-state index contributed by atoms with van der Waals surface area (Å²) in [5.74, 6) is 1.75. The first kappa shape index (κ1) is 7.29. The summed E-state index contributed by atoms with van der Waals surface area (Å²) in [5, 5.41) is 3.28. The third-order valence-electron chi connectivity index (χ3n) is 2.71. The maximum atomic E-state index is 11.3. The van der Waals surface area contributed by atoms with E-state index in [1.165, 1.54) is 12.8 Å². The van der Waals surface area contributed by atoms with Crippen LogP contribution in [0, 0.1) is 11.8 Å². The van der Waals surface area contributed by atoms with Crippen molar-refractivity contribution in [3.05, 3.63) is 0 Å². The Balaban J connectivity index is 1.83. The van der Waals surface area contributed by atoms with Crippen LogP contribution in [0.3, 0.4) is 0 Å². The molecule has 1 atom stereocenters. The average Bonchev–Trinajstić information content (AvgIpc) is 2.78. The Morgan fingerprint density at radius 3 is 2.91 bits per heavy atom. The molecule has 62 valence electrons. The zero-order valence-corrected chi connectivity index (χ0v) is 6.81. The van der Waals surface area contributed by atoms with Crippen LogP contribution in [0.2, 0.25) is 0 Å². The lowest BCUT2D eigenvalue weighted by atomic mass is 9.93. The van der Waals surface area contributed by atoms with Crippen molar-refractivity contribution in [2.45, 2.75) is 25.7 Å². The van der Waals surface area contributed by atoms with Gasteiger partial charge in [0.1, 0.15) is 5.78 Å². The summed E-state index contributed by atoms with van der Waals surface area (Å²) in [6.45, 7) is 1.84. The van der Waals surface area contributed by atoms with Crippen LogP contribution in [0.15, 0.2) is 0 Å². The number of hydrogen-bond acceptors (Lipinski definition) is 2. The third kappa shape index (κ3) is 1.80. The number of carbonyl (C=O) groups excluding carboxylic acids is 1. The maximum absolute atomic E-state index is 11.3. The zero-order chi connectivity index (χ0) is 7.68. The molecule has 0 aromatic heterocycles. The number of carbonyl (C=O) groups is 1. The lowest BCUT2D eigenvalue weighted by molar-refractivity contribution is -0.124. The van der Waals surface area contributed by atoms with Crippen molar-refractivity contribution in [1.82, 2.24) is 5.32 Å². The highest BCUT2D eigenvalue weighted by Crippen LogP contribution is 2.35. The van der Waals surface area contributed by atoms with Gasteiger partial charge >= 0.3 is 0 Å². The molecular formula is C9H15NO. The Morgan fingerprint density at radius 2 is 2.27 bits per heavy atom. The second-order valence-corrected chi connectivity index (χ2v) is 3.80. The van der Waals surface area contributed by atoms with E-state index in [-0.39, 0.29) is 0 Å². The van der Waals surface area contributed by atoms with Gasteiger partial charge in [0.2, 0.25) is 0 Å². The Labute approximate surface area is 67.4 Å². The molecule has 1 saturated carbocycles. The van der Waals surface area contributed by atoms with Crippen LogP contribution in [0.1, 0.15) is 25.7 Å². The van der Waals surface area contributed by atoms with Gasteiger partial charge in [-0.15, -0.1) is 0 Å². The van der Waals surface area contributed by atoms with E-state index in [4.69, 9.17) is 0 Å². The van der Waals surface area contributed by atoms with Crippen molar-refractivity contribution < 1.29 is 4.79 Å². The monoisotopic (exact) mass is 153 g/mol. The Kier molecular flexibility index (Phi) is 1.95. The molecule has 2 fully saturated rings. The number of hydrogen-bond donors (Lipinski definition) is 1. The number of rotatable bonds is 2. The van der Waals surface area contributed by atoms with Crippen molar-refractivity contribution in [3.8, 4) is 0 Å². The molecule has 0 spiro atoms. The highest BCUT2D eigenvalue weighted by molar-refractivity contribution is 5.82. The van der Waals surface area contributed by atoms with Crippen LogP contribution in [-0.2, 0) is 4.79 Å². The third-order valence-corrected chi connectivity index (χ3v) is 2.71.